The maximum absolute atomic E-state index is 6.76. The summed E-state index contributed by atoms with van der Waals surface area (Å²) in [4.78, 5) is 2.32. The fraction of sp³-hybridized carbons (Fsp3) is 0.0233. The summed E-state index contributed by atoms with van der Waals surface area (Å²) in [5.41, 5.74) is 7.78. The second-order valence-corrected chi connectivity index (χ2v) is 12.8. The van der Waals surface area contributed by atoms with E-state index in [9.17, 15) is 0 Å². The van der Waals surface area contributed by atoms with Gasteiger partial charge in [0.1, 0.15) is 0 Å². The van der Waals surface area contributed by atoms with Gasteiger partial charge in [-0.2, -0.15) is 0 Å². The Bertz CT molecular complexity index is 2420. The van der Waals surface area contributed by atoms with Gasteiger partial charge in [0.2, 0.25) is 0 Å². The number of nitrogens with zero attached hydrogens (tertiary/aromatic N) is 1. The molecule has 1 unspecified atom stereocenters. The minimum Gasteiger partial charge on any atom is -0.464 e. The molecule has 47 heavy (non-hydrogen) atoms. The predicted molar refractivity (Wildman–Crippen MR) is 200 cm³/mol. The molecule has 0 aliphatic carbocycles. The Morgan fingerprint density at radius 3 is 2.00 bits per heavy atom. The highest BCUT2D eigenvalue weighted by Gasteiger charge is 2.29. The summed E-state index contributed by atoms with van der Waals surface area (Å²) >= 11 is 3.70. The number of halogens is 1. The van der Waals surface area contributed by atoms with Gasteiger partial charge in [0.05, 0.1) is 5.69 Å². The monoisotopic (exact) mass is 668 g/mol. The molecule has 8 aromatic carbocycles. The van der Waals surface area contributed by atoms with Crippen LogP contribution in [-0.2, 0) is 0 Å². The number of anilines is 4. The van der Waals surface area contributed by atoms with Crippen LogP contribution in [0.4, 0.5) is 22.7 Å². The van der Waals surface area contributed by atoms with E-state index in [4.69, 9.17) is 4.74 Å². The van der Waals surface area contributed by atoms with Crippen LogP contribution < -0.4 is 15.0 Å². The predicted octanol–water partition coefficient (Wildman–Crippen LogP) is 12.5. The molecule has 4 heteroatoms. The lowest BCUT2D eigenvalue weighted by Crippen LogP contribution is -2.10. The number of hydrogen-bond acceptors (Lipinski definition) is 3. The third kappa shape index (κ3) is 4.81. The first-order valence-corrected chi connectivity index (χ1v) is 16.6. The molecule has 0 amide bonds. The smallest absolute Gasteiger partial charge is 0.196 e. The van der Waals surface area contributed by atoms with E-state index in [0.29, 0.717) is 0 Å². The molecule has 0 saturated heterocycles. The molecule has 1 N–H and O–H groups in total. The maximum atomic E-state index is 6.76. The fourth-order valence-corrected chi connectivity index (χ4v) is 7.29. The van der Waals surface area contributed by atoms with Crippen molar-refractivity contribution in [3.63, 3.8) is 0 Å². The van der Waals surface area contributed by atoms with Gasteiger partial charge in [-0.1, -0.05) is 131 Å². The van der Waals surface area contributed by atoms with Gasteiger partial charge in [0.15, 0.2) is 12.0 Å². The molecule has 1 aliphatic heterocycles. The topological polar surface area (TPSA) is 24.5 Å². The van der Waals surface area contributed by atoms with Crippen LogP contribution >= 0.6 is 15.9 Å². The van der Waals surface area contributed by atoms with Gasteiger partial charge in [-0.05, 0) is 81.2 Å². The third-order valence-corrected chi connectivity index (χ3v) is 9.62. The highest BCUT2D eigenvalue weighted by atomic mass is 79.9. The van der Waals surface area contributed by atoms with Crippen molar-refractivity contribution in [3.8, 4) is 16.9 Å². The zero-order valence-corrected chi connectivity index (χ0v) is 27.0. The molecule has 0 fully saturated rings. The van der Waals surface area contributed by atoms with Crippen LogP contribution in [0.2, 0.25) is 0 Å². The Morgan fingerprint density at radius 2 is 1.17 bits per heavy atom. The van der Waals surface area contributed by atoms with E-state index in [-0.39, 0.29) is 6.23 Å². The number of para-hydroxylation sites is 1. The van der Waals surface area contributed by atoms with Gasteiger partial charge in [-0.3, -0.25) is 0 Å². The molecule has 8 aromatic rings. The number of hydrogen-bond donors (Lipinski definition) is 1. The Balaban J connectivity index is 1.20. The minimum absolute atomic E-state index is 0.269. The number of nitrogens with one attached hydrogen (secondary N) is 1. The number of fused-ring (bicyclic) bond motifs is 7. The zero-order valence-electron chi connectivity index (χ0n) is 25.4. The summed E-state index contributed by atoms with van der Waals surface area (Å²) in [7, 11) is 0. The molecule has 1 atom stereocenters. The molecule has 1 heterocycles. The van der Waals surface area contributed by atoms with Crippen LogP contribution in [0.5, 0.6) is 5.75 Å². The molecule has 224 valence electrons. The lowest BCUT2D eigenvalue weighted by atomic mass is 9.97. The quantitative estimate of drug-likeness (QED) is 0.185. The van der Waals surface area contributed by atoms with Gasteiger partial charge in [-0.25, -0.2) is 0 Å². The van der Waals surface area contributed by atoms with Crippen molar-refractivity contribution in [1.29, 1.82) is 0 Å². The first kappa shape index (κ1) is 27.7. The summed E-state index contributed by atoms with van der Waals surface area (Å²) in [6.07, 6.45) is -0.269. The van der Waals surface area contributed by atoms with Crippen molar-refractivity contribution in [2.24, 2.45) is 0 Å². The molecule has 3 nitrogen and oxygen atoms in total. The highest BCUT2D eigenvalue weighted by molar-refractivity contribution is 9.10. The number of benzene rings is 8. The molecular formula is C43H29BrN2O. The highest BCUT2D eigenvalue weighted by Crippen LogP contribution is 2.50. The van der Waals surface area contributed by atoms with Crippen molar-refractivity contribution in [1.82, 2.24) is 0 Å². The largest absolute Gasteiger partial charge is 0.464 e. The molecule has 0 spiro atoms. The van der Waals surface area contributed by atoms with E-state index in [0.717, 1.165) is 54.7 Å². The lowest BCUT2D eigenvalue weighted by molar-refractivity contribution is 0.262. The van der Waals surface area contributed by atoms with E-state index in [2.05, 4.69) is 184 Å². The second-order valence-electron chi connectivity index (χ2n) is 11.9. The van der Waals surface area contributed by atoms with Crippen molar-refractivity contribution < 1.29 is 4.74 Å². The number of ether oxygens (including phenoxy) is 1. The van der Waals surface area contributed by atoms with Gasteiger partial charge < -0.3 is 15.0 Å². The first-order chi connectivity index (χ1) is 23.2. The molecule has 0 radical (unpaired) electrons. The van der Waals surface area contributed by atoms with Gasteiger partial charge >= 0.3 is 0 Å². The maximum Gasteiger partial charge on any atom is 0.196 e. The van der Waals surface area contributed by atoms with Gasteiger partial charge in [-0.15, -0.1) is 0 Å². The molecule has 9 rings (SSSR count). The van der Waals surface area contributed by atoms with Crippen LogP contribution in [0.1, 0.15) is 11.8 Å². The van der Waals surface area contributed by atoms with E-state index >= 15 is 0 Å². The van der Waals surface area contributed by atoms with Crippen LogP contribution in [-0.4, -0.2) is 0 Å². The lowest BCUT2D eigenvalue weighted by Gasteiger charge is -2.26. The first-order valence-electron chi connectivity index (χ1n) is 15.8. The van der Waals surface area contributed by atoms with E-state index in [1.54, 1.807) is 0 Å². The molecule has 0 aromatic heterocycles. The minimum atomic E-state index is -0.269. The van der Waals surface area contributed by atoms with E-state index < -0.39 is 0 Å². The number of rotatable bonds is 5. The Morgan fingerprint density at radius 1 is 0.511 bits per heavy atom. The van der Waals surface area contributed by atoms with Crippen molar-refractivity contribution >= 4 is 71.0 Å². The molecule has 0 saturated carbocycles. The Kier molecular flexibility index (Phi) is 6.69. The molecule has 0 bridgehead atoms. The van der Waals surface area contributed by atoms with Crippen LogP contribution in [0, 0.1) is 0 Å². The average molecular weight is 670 g/mol. The van der Waals surface area contributed by atoms with Gasteiger partial charge in [0, 0.05) is 37.9 Å². The Labute approximate surface area is 281 Å². The van der Waals surface area contributed by atoms with Crippen molar-refractivity contribution in [2.45, 2.75) is 6.23 Å². The van der Waals surface area contributed by atoms with E-state index in [1.165, 1.54) is 27.3 Å². The average Bonchev–Trinajstić information content (AvgIpc) is 3.59. The van der Waals surface area contributed by atoms with Gasteiger partial charge in [0.25, 0.3) is 0 Å². The second kappa shape index (κ2) is 11.3. The van der Waals surface area contributed by atoms with Crippen LogP contribution in [0.25, 0.3) is 43.4 Å². The normalized spacial score (nSPS) is 13.8. The SMILES string of the molecule is Brc1ccc2c(c1)c1c(c3cc(N(c4ccccc4)c4ccc(-c5cccc6ccccc56)cc4)ccc32)OC(c2ccccc2)N1. The summed E-state index contributed by atoms with van der Waals surface area (Å²) in [6, 6.07) is 58.1. The Hall–Kier alpha value is -5.58. The summed E-state index contributed by atoms with van der Waals surface area (Å²) in [5, 5.41) is 10.8. The summed E-state index contributed by atoms with van der Waals surface area (Å²) in [5.74, 6) is 0.876. The third-order valence-electron chi connectivity index (χ3n) is 9.13. The zero-order chi connectivity index (χ0) is 31.3. The summed E-state index contributed by atoms with van der Waals surface area (Å²) < 4.78 is 7.79. The van der Waals surface area contributed by atoms with Crippen LogP contribution in [0.15, 0.2) is 168 Å². The molecule has 1 aliphatic rings. The fourth-order valence-electron chi connectivity index (χ4n) is 6.92. The van der Waals surface area contributed by atoms with Crippen LogP contribution in [0.3, 0.4) is 0 Å². The molecular weight excluding hydrogens is 640 g/mol. The van der Waals surface area contributed by atoms with Crippen molar-refractivity contribution in [3.05, 3.63) is 174 Å². The standard InChI is InChI=1S/C43H29BrN2O/c44-31-20-24-37-38-25-23-34(27-40(38)42-41(39(37)26-31)45-43(47-42)30-11-3-1-4-12-30)46(32-14-5-2-6-15-32)33-21-18-29(19-22-33)36-17-9-13-28-10-7-8-16-35(28)36/h1-27,43,45H. The summed E-state index contributed by atoms with van der Waals surface area (Å²) in [6.45, 7) is 0. The van der Waals surface area contributed by atoms with E-state index in [1.807, 2.05) is 6.07 Å². The van der Waals surface area contributed by atoms with Crippen molar-refractivity contribution in [2.75, 3.05) is 10.2 Å².